The lowest BCUT2D eigenvalue weighted by Crippen LogP contribution is -2.37. The Balaban J connectivity index is 2.31. The summed E-state index contributed by atoms with van der Waals surface area (Å²) >= 11 is 0. The van der Waals surface area contributed by atoms with Gasteiger partial charge in [-0.05, 0) is 44.4 Å². The van der Waals surface area contributed by atoms with E-state index in [2.05, 4.69) is 4.72 Å². The monoisotopic (exact) mass is 370 g/mol. The van der Waals surface area contributed by atoms with Gasteiger partial charge in [-0.1, -0.05) is 0 Å². The van der Waals surface area contributed by atoms with Crippen LogP contribution < -0.4 is 9.46 Å². The molecule has 1 aromatic rings. The Morgan fingerprint density at radius 3 is 2.52 bits per heavy atom. The van der Waals surface area contributed by atoms with E-state index in [0.717, 1.165) is 19.3 Å². The smallest absolute Gasteiger partial charge is 0.257 e. The molecule has 25 heavy (non-hydrogen) atoms. The number of likely N-dealkylation sites (tertiary alicyclic amines) is 1. The van der Waals surface area contributed by atoms with Crippen molar-refractivity contribution in [2.75, 3.05) is 33.9 Å². The number of rotatable bonds is 7. The zero-order chi connectivity index (χ0) is 18.4. The van der Waals surface area contributed by atoms with Gasteiger partial charge in [0, 0.05) is 26.2 Å². The van der Waals surface area contributed by atoms with Crippen LogP contribution in [-0.2, 0) is 14.8 Å². The molecule has 1 aliphatic rings. The van der Waals surface area contributed by atoms with Crippen LogP contribution in [0.5, 0.6) is 5.75 Å². The van der Waals surface area contributed by atoms with E-state index in [1.54, 1.807) is 11.8 Å². The summed E-state index contributed by atoms with van der Waals surface area (Å²) in [5.41, 5.74) is 0.270. The highest BCUT2D eigenvalue weighted by molar-refractivity contribution is 7.89. The van der Waals surface area contributed by atoms with Crippen molar-refractivity contribution in [3.63, 3.8) is 0 Å². The fourth-order valence-corrected chi connectivity index (χ4v) is 4.16. The molecule has 1 atom stereocenters. The summed E-state index contributed by atoms with van der Waals surface area (Å²) in [6.45, 7) is 3.34. The number of nitrogens with zero attached hydrogens (tertiary/aromatic N) is 1. The summed E-state index contributed by atoms with van der Waals surface area (Å²) in [6.07, 6.45) is 3.03. The van der Waals surface area contributed by atoms with Crippen molar-refractivity contribution in [2.24, 2.45) is 0 Å². The van der Waals surface area contributed by atoms with E-state index in [0.29, 0.717) is 18.8 Å². The first-order chi connectivity index (χ1) is 11.9. The molecule has 7 nitrogen and oxygen atoms in total. The van der Waals surface area contributed by atoms with Crippen LogP contribution in [0.3, 0.4) is 0 Å². The average molecular weight is 370 g/mol. The standard InChI is InChI=1S/C17H26N2O5S/c1-13(12-23-2)18-25(21,22)14-7-8-16(24-3)15(11-14)17(20)19-9-5-4-6-10-19/h7-8,11,13,18H,4-6,9-10,12H2,1-3H3/t13-/m1/s1. The molecule has 0 saturated carbocycles. The van der Waals surface area contributed by atoms with Gasteiger partial charge in [0.2, 0.25) is 10.0 Å². The molecule has 1 aliphatic heterocycles. The minimum atomic E-state index is -3.75. The minimum absolute atomic E-state index is 0.0385. The summed E-state index contributed by atoms with van der Waals surface area (Å²) < 4.78 is 37.8. The van der Waals surface area contributed by atoms with Crippen molar-refractivity contribution in [1.82, 2.24) is 9.62 Å². The number of sulfonamides is 1. The normalized spacial score (nSPS) is 16.5. The molecule has 8 heteroatoms. The first-order valence-electron chi connectivity index (χ1n) is 8.37. The van der Waals surface area contributed by atoms with Crippen LogP contribution in [0, 0.1) is 0 Å². The van der Waals surface area contributed by atoms with Crippen LogP contribution >= 0.6 is 0 Å². The van der Waals surface area contributed by atoms with E-state index >= 15 is 0 Å². The second-order valence-corrected chi connectivity index (χ2v) is 7.91. The topological polar surface area (TPSA) is 84.9 Å². The molecule has 1 saturated heterocycles. The fraction of sp³-hybridized carbons (Fsp3) is 0.588. The molecule has 1 fully saturated rings. The molecule has 0 radical (unpaired) electrons. The van der Waals surface area contributed by atoms with Gasteiger partial charge in [-0.2, -0.15) is 0 Å². The Kier molecular flexibility index (Phi) is 6.80. The second kappa shape index (κ2) is 8.64. The second-order valence-electron chi connectivity index (χ2n) is 6.19. The number of hydrogen-bond acceptors (Lipinski definition) is 5. The maximum Gasteiger partial charge on any atom is 0.257 e. The molecule has 140 valence electrons. The highest BCUT2D eigenvalue weighted by Crippen LogP contribution is 2.25. The third-order valence-corrected chi connectivity index (χ3v) is 5.72. The van der Waals surface area contributed by atoms with Crippen molar-refractivity contribution in [3.8, 4) is 5.75 Å². The fourth-order valence-electron chi connectivity index (χ4n) is 2.91. The van der Waals surface area contributed by atoms with Crippen molar-refractivity contribution in [1.29, 1.82) is 0 Å². The number of ether oxygens (including phenoxy) is 2. The van der Waals surface area contributed by atoms with Crippen LogP contribution in [0.25, 0.3) is 0 Å². The molecule has 0 bridgehead atoms. The van der Waals surface area contributed by atoms with Crippen LogP contribution in [0.2, 0.25) is 0 Å². The lowest BCUT2D eigenvalue weighted by atomic mass is 10.1. The largest absolute Gasteiger partial charge is 0.496 e. The summed E-state index contributed by atoms with van der Waals surface area (Å²) in [5, 5.41) is 0. The maximum atomic E-state index is 12.8. The number of carbonyl (C=O) groups is 1. The lowest BCUT2D eigenvalue weighted by Gasteiger charge is -2.27. The number of nitrogens with one attached hydrogen (secondary N) is 1. The Morgan fingerprint density at radius 2 is 1.92 bits per heavy atom. The summed E-state index contributed by atoms with van der Waals surface area (Å²) in [4.78, 5) is 14.6. The average Bonchev–Trinajstić information content (AvgIpc) is 2.61. The van der Waals surface area contributed by atoms with E-state index in [9.17, 15) is 13.2 Å². The predicted molar refractivity (Wildman–Crippen MR) is 94.4 cm³/mol. The van der Waals surface area contributed by atoms with Crippen molar-refractivity contribution in [2.45, 2.75) is 37.1 Å². The number of benzene rings is 1. The van der Waals surface area contributed by atoms with Gasteiger partial charge in [-0.15, -0.1) is 0 Å². The predicted octanol–water partition coefficient (Wildman–Crippen LogP) is 1.63. The Bertz CT molecular complexity index is 699. The molecule has 2 rings (SSSR count). The van der Waals surface area contributed by atoms with Gasteiger partial charge >= 0.3 is 0 Å². The first-order valence-corrected chi connectivity index (χ1v) is 9.86. The van der Waals surface area contributed by atoms with E-state index in [4.69, 9.17) is 9.47 Å². The molecule has 0 aromatic heterocycles. The molecule has 0 spiro atoms. The van der Waals surface area contributed by atoms with Crippen LogP contribution in [0.4, 0.5) is 0 Å². The molecular formula is C17H26N2O5S. The van der Waals surface area contributed by atoms with Gasteiger partial charge in [0.25, 0.3) is 5.91 Å². The highest BCUT2D eigenvalue weighted by atomic mass is 32.2. The summed E-state index contributed by atoms with van der Waals surface area (Å²) in [7, 11) is -0.775. The lowest BCUT2D eigenvalue weighted by molar-refractivity contribution is 0.0720. The van der Waals surface area contributed by atoms with E-state index in [-0.39, 0.29) is 29.0 Å². The van der Waals surface area contributed by atoms with Gasteiger partial charge in [-0.3, -0.25) is 4.79 Å². The third kappa shape index (κ3) is 4.93. The Morgan fingerprint density at radius 1 is 1.24 bits per heavy atom. The molecule has 1 amide bonds. The zero-order valence-corrected chi connectivity index (χ0v) is 15.8. The van der Waals surface area contributed by atoms with E-state index in [1.165, 1.54) is 32.4 Å². The molecule has 1 aromatic carbocycles. The summed E-state index contributed by atoms with van der Waals surface area (Å²) in [6, 6.07) is 3.97. The molecule has 1 N–H and O–H groups in total. The zero-order valence-electron chi connectivity index (χ0n) is 14.9. The maximum absolute atomic E-state index is 12.8. The molecular weight excluding hydrogens is 344 g/mol. The number of methoxy groups -OCH3 is 2. The highest BCUT2D eigenvalue weighted by Gasteiger charge is 2.25. The van der Waals surface area contributed by atoms with Gasteiger partial charge in [-0.25, -0.2) is 13.1 Å². The Hall–Kier alpha value is -1.64. The number of piperidine rings is 1. The van der Waals surface area contributed by atoms with Crippen LogP contribution in [0.15, 0.2) is 23.1 Å². The van der Waals surface area contributed by atoms with Gasteiger partial charge in [0.05, 0.1) is 24.2 Å². The third-order valence-electron chi connectivity index (χ3n) is 4.13. The van der Waals surface area contributed by atoms with E-state index in [1.807, 2.05) is 0 Å². The van der Waals surface area contributed by atoms with E-state index < -0.39 is 10.0 Å². The van der Waals surface area contributed by atoms with Crippen LogP contribution in [-0.4, -0.2) is 59.2 Å². The van der Waals surface area contributed by atoms with Crippen molar-refractivity contribution >= 4 is 15.9 Å². The molecule has 1 heterocycles. The summed E-state index contributed by atoms with van der Waals surface area (Å²) in [5.74, 6) is 0.179. The molecule has 0 unspecified atom stereocenters. The SMILES string of the molecule is COC[C@@H](C)NS(=O)(=O)c1ccc(OC)c(C(=O)N2CCCCC2)c1. The molecule has 0 aliphatic carbocycles. The van der Waals surface area contributed by atoms with Gasteiger partial charge in [0.15, 0.2) is 0 Å². The van der Waals surface area contributed by atoms with Gasteiger partial charge < -0.3 is 14.4 Å². The minimum Gasteiger partial charge on any atom is -0.496 e. The van der Waals surface area contributed by atoms with Crippen LogP contribution in [0.1, 0.15) is 36.5 Å². The van der Waals surface area contributed by atoms with Crippen molar-refractivity contribution in [3.05, 3.63) is 23.8 Å². The Labute approximate surface area is 149 Å². The van der Waals surface area contributed by atoms with Gasteiger partial charge in [0.1, 0.15) is 5.75 Å². The quantitative estimate of drug-likeness (QED) is 0.789. The first kappa shape index (κ1) is 19.7. The van der Waals surface area contributed by atoms with Crippen molar-refractivity contribution < 1.29 is 22.7 Å². The number of carbonyl (C=O) groups excluding carboxylic acids is 1. The number of hydrogen-bond donors (Lipinski definition) is 1. The number of amides is 1.